The molecule has 0 aliphatic carbocycles. The van der Waals surface area contributed by atoms with E-state index in [1.807, 2.05) is 52.0 Å². The van der Waals surface area contributed by atoms with Crippen LogP contribution in [0.5, 0.6) is 0 Å². The van der Waals surface area contributed by atoms with Gasteiger partial charge in [-0.25, -0.2) is 9.59 Å². The van der Waals surface area contributed by atoms with Gasteiger partial charge >= 0.3 is 18.2 Å². The molecular formula is C39H51F3N2O6. The van der Waals surface area contributed by atoms with Crippen LogP contribution in [0.4, 0.5) is 18.0 Å². The second-order valence-electron chi connectivity index (χ2n) is 13.1. The maximum Gasteiger partial charge on any atom is 0.416 e. The first kappa shape index (κ1) is 41.9. The Labute approximate surface area is 293 Å². The maximum atomic E-state index is 13.1. The van der Waals surface area contributed by atoms with Crippen LogP contribution in [-0.2, 0) is 31.8 Å². The molecule has 1 amide bonds. The number of ketones is 1. The number of allylic oxidation sites excluding steroid dienone is 8. The molecule has 0 radical (unpaired) electrons. The molecule has 274 valence electrons. The van der Waals surface area contributed by atoms with Gasteiger partial charge in [0.25, 0.3) is 0 Å². The Morgan fingerprint density at radius 1 is 1.16 bits per heavy atom. The number of rotatable bonds is 17. The second-order valence-corrected chi connectivity index (χ2v) is 13.1. The number of alkyl carbamates (subject to hydrolysis) is 1. The lowest BCUT2D eigenvalue weighted by Crippen LogP contribution is -2.32. The quantitative estimate of drug-likeness (QED) is 0.0726. The Bertz CT molecular complexity index is 1490. The Morgan fingerprint density at radius 3 is 2.56 bits per heavy atom. The van der Waals surface area contributed by atoms with Crippen molar-refractivity contribution in [3.63, 3.8) is 0 Å². The second kappa shape index (κ2) is 20.4. The summed E-state index contributed by atoms with van der Waals surface area (Å²) in [4.78, 5) is 40.3. The van der Waals surface area contributed by atoms with Crippen LogP contribution in [0.3, 0.4) is 0 Å². The predicted octanol–water partition coefficient (Wildman–Crippen LogP) is 8.40. The minimum absolute atomic E-state index is 0.0237. The first-order chi connectivity index (χ1) is 23.5. The van der Waals surface area contributed by atoms with E-state index in [1.54, 1.807) is 19.9 Å². The maximum absolute atomic E-state index is 13.1. The third-order valence-electron chi connectivity index (χ3n) is 8.22. The van der Waals surface area contributed by atoms with Gasteiger partial charge in [0.1, 0.15) is 12.7 Å². The number of cyclic esters (lactones) is 1. The van der Waals surface area contributed by atoms with Gasteiger partial charge in [0.15, 0.2) is 5.78 Å². The fraction of sp³-hybridized carbons (Fsp3) is 0.487. The highest BCUT2D eigenvalue weighted by Gasteiger charge is 2.31. The number of hydrogen-bond donors (Lipinski definition) is 2. The number of aliphatic hydroxyl groups excluding tert-OH is 1. The van der Waals surface area contributed by atoms with Gasteiger partial charge in [-0.15, -0.1) is 0 Å². The van der Waals surface area contributed by atoms with Crippen molar-refractivity contribution in [1.82, 2.24) is 10.3 Å². The molecule has 0 saturated heterocycles. The van der Waals surface area contributed by atoms with Crippen LogP contribution >= 0.6 is 0 Å². The molecule has 2 heterocycles. The molecule has 0 fully saturated rings. The number of alkyl halides is 3. The molecular weight excluding hydrogens is 649 g/mol. The van der Waals surface area contributed by atoms with Crippen molar-refractivity contribution in [2.24, 2.45) is 23.7 Å². The molecule has 1 unspecified atom stereocenters. The monoisotopic (exact) mass is 700 g/mol. The van der Waals surface area contributed by atoms with E-state index < -0.39 is 29.9 Å². The van der Waals surface area contributed by atoms with Gasteiger partial charge in [0.05, 0.1) is 23.9 Å². The molecule has 50 heavy (non-hydrogen) atoms. The summed E-state index contributed by atoms with van der Waals surface area (Å²) in [6.07, 6.45) is 13.6. The van der Waals surface area contributed by atoms with E-state index in [-0.39, 0.29) is 54.5 Å². The summed E-state index contributed by atoms with van der Waals surface area (Å²) in [7, 11) is 0. The highest BCUT2D eigenvalue weighted by molar-refractivity contribution is 5.96. The largest absolute Gasteiger partial charge is 0.455 e. The molecule has 1 aromatic heterocycles. The average molecular weight is 701 g/mol. The topological polar surface area (TPSA) is 115 Å². The van der Waals surface area contributed by atoms with Crippen molar-refractivity contribution < 1.29 is 42.1 Å². The number of Topliss-reactive ketones (excluding diaryl/α,β-unsaturated/α-hetero) is 1. The van der Waals surface area contributed by atoms with Gasteiger partial charge in [-0.3, -0.25) is 9.78 Å². The summed E-state index contributed by atoms with van der Waals surface area (Å²) < 4.78 is 48.9. The van der Waals surface area contributed by atoms with Gasteiger partial charge < -0.3 is 19.9 Å². The third kappa shape index (κ3) is 15.5. The van der Waals surface area contributed by atoms with Gasteiger partial charge in [0, 0.05) is 24.6 Å². The predicted molar refractivity (Wildman–Crippen MR) is 188 cm³/mol. The first-order valence-corrected chi connectivity index (χ1v) is 16.9. The molecule has 0 bridgehead atoms. The fourth-order valence-electron chi connectivity index (χ4n) is 5.47. The normalized spacial score (nSPS) is 19.2. The van der Waals surface area contributed by atoms with Crippen molar-refractivity contribution in [2.75, 3.05) is 6.61 Å². The van der Waals surface area contributed by atoms with E-state index >= 15 is 0 Å². The molecule has 8 nitrogen and oxygen atoms in total. The smallest absolute Gasteiger partial charge is 0.416 e. The van der Waals surface area contributed by atoms with E-state index in [9.17, 15) is 32.7 Å². The number of pyridine rings is 1. The summed E-state index contributed by atoms with van der Waals surface area (Å²) in [5.74, 6) is -1.00. The highest BCUT2D eigenvalue weighted by atomic mass is 19.4. The molecule has 1 aliphatic heterocycles. The Balaban J connectivity index is 1.78. The zero-order valence-electron chi connectivity index (χ0n) is 30.0. The first-order valence-electron chi connectivity index (χ1n) is 16.9. The SMILES string of the molecule is CC(C=C[C@H]1CC=CC(=O)O1)=C[C@H](C)CC=CC(C)C=C(C)C(=O)[C@@H](C)[C@H](O)[C@@H](C)CC(C)=CCOC(=O)NCc1cc(C(F)(F)F)ccn1. The van der Waals surface area contributed by atoms with Crippen LogP contribution < -0.4 is 5.32 Å². The molecule has 6 atom stereocenters. The average Bonchev–Trinajstić information content (AvgIpc) is 3.05. The van der Waals surface area contributed by atoms with Crippen molar-refractivity contribution in [3.05, 3.63) is 101 Å². The zero-order chi connectivity index (χ0) is 37.4. The number of hydrogen-bond acceptors (Lipinski definition) is 7. The van der Waals surface area contributed by atoms with Crippen molar-refractivity contribution in [1.29, 1.82) is 0 Å². The number of carbonyl (C=O) groups is 3. The molecule has 0 aromatic carbocycles. The van der Waals surface area contributed by atoms with Crippen LogP contribution in [0.2, 0.25) is 0 Å². The Morgan fingerprint density at radius 2 is 1.88 bits per heavy atom. The van der Waals surface area contributed by atoms with E-state index in [0.29, 0.717) is 18.4 Å². The van der Waals surface area contributed by atoms with Crippen molar-refractivity contribution in [3.8, 4) is 0 Å². The summed E-state index contributed by atoms with van der Waals surface area (Å²) in [5, 5.41) is 13.3. The number of nitrogens with one attached hydrogen (secondary N) is 1. The number of aliphatic hydroxyl groups is 1. The van der Waals surface area contributed by atoms with Crippen molar-refractivity contribution in [2.45, 2.75) is 92.7 Å². The molecule has 1 aromatic rings. The third-order valence-corrected chi connectivity index (χ3v) is 8.22. The van der Waals surface area contributed by atoms with Gasteiger partial charge in [-0.05, 0) is 81.2 Å². The van der Waals surface area contributed by atoms with E-state index in [1.165, 1.54) is 6.08 Å². The van der Waals surface area contributed by atoms with Crippen LogP contribution in [-0.4, -0.2) is 46.8 Å². The van der Waals surface area contributed by atoms with E-state index in [2.05, 4.69) is 35.5 Å². The number of halogens is 3. The summed E-state index contributed by atoms with van der Waals surface area (Å²) in [6.45, 7) is 13.0. The molecule has 11 heteroatoms. The summed E-state index contributed by atoms with van der Waals surface area (Å²) >= 11 is 0. The summed E-state index contributed by atoms with van der Waals surface area (Å²) in [6, 6.07) is 1.71. The molecule has 2 rings (SSSR count). The number of amides is 1. The number of ether oxygens (including phenoxy) is 2. The molecule has 0 saturated carbocycles. The lowest BCUT2D eigenvalue weighted by atomic mass is 9.84. The van der Waals surface area contributed by atoms with Crippen molar-refractivity contribution >= 4 is 17.8 Å². The number of nitrogens with zero attached hydrogens (tertiary/aromatic N) is 1. The van der Waals surface area contributed by atoms with E-state index in [4.69, 9.17) is 9.47 Å². The van der Waals surface area contributed by atoms with Crippen LogP contribution in [0.25, 0.3) is 0 Å². The van der Waals surface area contributed by atoms with Gasteiger partial charge in [-0.1, -0.05) is 75.3 Å². The fourth-order valence-corrected chi connectivity index (χ4v) is 5.47. The minimum atomic E-state index is -4.51. The van der Waals surface area contributed by atoms with Gasteiger partial charge in [0.2, 0.25) is 0 Å². The van der Waals surface area contributed by atoms with E-state index in [0.717, 1.165) is 35.9 Å². The van der Waals surface area contributed by atoms with Crippen LogP contribution in [0.1, 0.15) is 79.0 Å². The lowest BCUT2D eigenvalue weighted by molar-refractivity contribution is -0.141. The standard InChI is InChI=1S/C39H51F3N2O6/c1-25(20-27(3)14-15-34-12-9-13-35(45)50-34)10-8-11-26(2)21-29(5)36(46)31(7)37(47)30(6)22-28(4)17-19-49-38(48)44-24-33-23-32(16-18-43-33)39(40,41)42/h8-9,11,13-18,20-21,23,25-26,30-31,34,37,47H,10,12,19,22,24H2,1-7H3,(H,44,48)/t25-,26?,30+,31-,34-,37-/m1/s1. The number of aromatic nitrogens is 1. The van der Waals surface area contributed by atoms with Crippen LogP contribution in [0, 0.1) is 23.7 Å². The highest BCUT2D eigenvalue weighted by Crippen LogP contribution is 2.29. The van der Waals surface area contributed by atoms with Crippen LogP contribution in [0.15, 0.2) is 89.7 Å². The molecule has 1 aliphatic rings. The Hall–Kier alpha value is -4.25. The van der Waals surface area contributed by atoms with Gasteiger partial charge in [-0.2, -0.15) is 13.2 Å². The lowest BCUT2D eigenvalue weighted by Gasteiger charge is -2.25. The summed E-state index contributed by atoms with van der Waals surface area (Å²) in [5.41, 5.74) is 1.71. The number of esters is 1. The number of carbonyl (C=O) groups excluding carboxylic acids is 3. The Kier molecular flexibility index (Phi) is 17.1. The zero-order valence-corrected chi connectivity index (χ0v) is 30.0. The minimum Gasteiger partial charge on any atom is -0.455 e. The molecule has 0 spiro atoms. The molecule has 2 N–H and O–H groups in total.